The summed E-state index contributed by atoms with van der Waals surface area (Å²) < 4.78 is 0. The Balaban J connectivity index is 1.55. The standard InChI is InChI=1S/C27H26N4O2/c1-17-12-14-31(26-6-4-3-5-24(26)29-17)27(33)21-7-9-22(25(16-21)30-18(2)32)19-8-10-23-20(15-19)11-13-28-23/h3-11,13,15-17,28-29H,12,14H2,1-2H3,(H,30,32)/t17-/m0/s1. The highest BCUT2D eigenvalue weighted by molar-refractivity contribution is 6.09. The minimum atomic E-state index is -0.179. The van der Waals surface area contributed by atoms with Crippen LogP contribution in [0.4, 0.5) is 17.1 Å². The highest BCUT2D eigenvalue weighted by Gasteiger charge is 2.25. The molecule has 3 N–H and O–H groups in total. The molecule has 33 heavy (non-hydrogen) atoms. The van der Waals surface area contributed by atoms with Crippen LogP contribution in [0.5, 0.6) is 0 Å². The van der Waals surface area contributed by atoms with E-state index in [1.54, 1.807) is 6.07 Å². The molecule has 1 aromatic heterocycles. The normalized spacial score (nSPS) is 15.5. The number of amides is 2. The number of aromatic nitrogens is 1. The van der Waals surface area contributed by atoms with Crippen molar-refractivity contribution in [2.45, 2.75) is 26.3 Å². The molecule has 6 nitrogen and oxygen atoms in total. The zero-order chi connectivity index (χ0) is 22.9. The van der Waals surface area contributed by atoms with Crippen molar-refractivity contribution in [3.8, 4) is 11.1 Å². The largest absolute Gasteiger partial charge is 0.381 e. The fourth-order valence-electron chi connectivity index (χ4n) is 4.42. The average Bonchev–Trinajstić information content (AvgIpc) is 3.20. The number of aromatic amines is 1. The van der Waals surface area contributed by atoms with Crippen molar-refractivity contribution in [1.29, 1.82) is 0 Å². The van der Waals surface area contributed by atoms with E-state index in [9.17, 15) is 9.59 Å². The van der Waals surface area contributed by atoms with Crippen LogP contribution in [-0.4, -0.2) is 29.4 Å². The number of nitrogens with zero attached hydrogens (tertiary/aromatic N) is 1. The number of anilines is 3. The molecule has 1 atom stereocenters. The molecule has 166 valence electrons. The monoisotopic (exact) mass is 438 g/mol. The van der Waals surface area contributed by atoms with Crippen molar-refractivity contribution in [1.82, 2.24) is 4.98 Å². The molecule has 6 heteroatoms. The van der Waals surface area contributed by atoms with Crippen LogP contribution in [0.3, 0.4) is 0 Å². The Labute approximate surface area is 192 Å². The minimum absolute atomic E-state index is 0.0856. The van der Waals surface area contributed by atoms with Crippen molar-refractivity contribution in [3.63, 3.8) is 0 Å². The van der Waals surface area contributed by atoms with E-state index in [2.05, 4.69) is 28.6 Å². The molecule has 5 rings (SSSR count). The van der Waals surface area contributed by atoms with Gasteiger partial charge in [-0.25, -0.2) is 0 Å². The number of H-pyrrole nitrogens is 1. The number of benzene rings is 3. The van der Waals surface area contributed by atoms with Crippen molar-refractivity contribution in [3.05, 3.63) is 78.5 Å². The number of carbonyl (C=O) groups is 2. The molecule has 0 aliphatic carbocycles. The van der Waals surface area contributed by atoms with E-state index in [4.69, 9.17) is 0 Å². The summed E-state index contributed by atoms with van der Waals surface area (Å²) in [5.41, 5.74) is 5.88. The molecule has 4 aromatic rings. The summed E-state index contributed by atoms with van der Waals surface area (Å²) in [6.45, 7) is 4.22. The van der Waals surface area contributed by atoms with Crippen molar-refractivity contribution >= 4 is 39.8 Å². The molecule has 0 fully saturated rings. The van der Waals surface area contributed by atoms with E-state index >= 15 is 0 Å². The van der Waals surface area contributed by atoms with Crippen LogP contribution < -0.4 is 15.5 Å². The number of rotatable bonds is 3. The van der Waals surface area contributed by atoms with Gasteiger partial charge in [0.15, 0.2) is 0 Å². The molecule has 0 bridgehead atoms. The van der Waals surface area contributed by atoms with Gasteiger partial charge in [-0.15, -0.1) is 0 Å². The molecule has 0 saturated carbocycles. The van der Waals surface area contributed by atoms with Gasteiger partial charge in [0.25, 0.3) is 5.91 Å². The number of para-hydroxylation sites is 2. The molecule has 0 unspecified atom stereocenters. The Kier molecular flexibility index (Phi) is 5.34. The van der Waals surface area contributed by atoms with Gasteiger partial charge in [-0.1, -0.05) is 24.3 Å². The lowest BCUT2D eigenvalue weighted by Gasteiger charge is -2.23. The molecule has 1 aliphatic heterocycles. The molecule has 1 aliphatic rings. The van der Waals surface area contributed by atoms with Crippen LogP contribution >= 0.6 is 0 Å². The van der Waals surface area contributed by atoms with Crippen LogP contribution in [0.2, 0.25) is 0 Å². The van der Waals surface area contributed by atoms with Gasteiger partial charge in [0.05, 0.1) is 11.4 Å². The Hall–Kier alpha value is -4.06. The Morgan fingerprint density at radius 2 is 1.88 bits per heavy atom. The maximum atomic E-state index is 13.6. The lowest BCUT2D eigenvalue weighted by Crippen LogP contribution is -2.32. The predicted molar refractivity (Wildman–Crippen MR) is 134 cm³/mol. The fourth-order valence-corrected chi connectivity index (χ4v) is 4.42. The maximum Gasteiger partial charge on any atom is 0.258 e. The second-order valence-electron chi connectivity index (χ2n) is 8.53. The van der Waals surface area contributed by atoms with Gasteiger partial charge in [-0.05, 0) is 66.8 Å². The number of nitrogens with one attached hydrogen (secondary N) is 3. The van der Waals surface area contributed by atoms with Gasteiger partial charge in [-0.2, -0.15) is 0 Å². The maximum absolute atomic E-state index is 13.6. The van der Waals surface area contributed by atoms with Crippen LogP contribution in [0.25, 0.3) is 22.0 Å². The van der Waals surface area contributed by atoms with E-state index in [0.717, 1.165) is 39.8 Å². The smallest absolute Gasteiger partial charge is 0.258 e. The topological polar surface area (TPSA) is 77.2 Å². The highest BCUT2D eigenvalue weighted by Crippen LogP contribution is 2.34. The second-order valence-corrected chi connectivity index (χ2v) is 8.53. The molecule has 0 saturated heterocycles. The summed E-state index contributed by atoms with van der Waals surface area (Å²) in [4.78, 5) is 30.6. The third-order valence-corrected chi connectivity index (χ3v) is 6.07. The third-order valence-electron chi connectivity index (χ3n) is 6.07. The first-order valence-electron chi connectivity index (χ1n) is 11.2. The van der Waals surface area contributed by atoms with Crippen LogP contribution in [0, 0.1) is 0 Å². The summed E-state index contributed by atoms with van der Waals surface area (Å²) in [5, 5.41) is 7.49. The summed E-state index contributed by atoms with van der Waals surface area (Å²) in [6, 6.07) is 21.8. The van der Waals surface area contributed by atoms with Gasteiger partial charge in [0.2, 0.25) is 5.91 Å². The van der Waals surface area contributed by atoms with E-state index in [0.29, 0.717) is 17.8 Å². The van der Waals surface area contributed by atoms with Crippen LogP contribution in [0.15, 0.2) is 72.9 Å². The number of hydrogen-bond acceptors (Lipinski definition) is 3. The molecule has 2 amide bonds. The second kappa shape index (κ2) is 8.47. The lowest BCUT2D eigenvalue weighted by atomic mass is 9.99. The van der Waals surface area contributed by atoms with Gasteiger partial charge in [-0.3, -0.25) is 9.59 Å². The molecule has 3 aromatic carbocycles. The summed E-state index contributed by atoms with van der Waals surface area (Å²) in [7, 11) is 0. The van der Waals surface area contributed by atoms with Crippen LogP contribution in [-0.2, 0) is 4.79 Å². The first kappa shape index (κ1) is 20.8. The van der Waals surface area contributed by atoms with Gasteiger partial charge in [0.1, 0.15) is 0 Å². The van der Waals surface area contributed by atoms with Gasteiger partial charge < -0.3 is 20.5 Å². The van der Waals surface area contributed by atoms with Gasteiger partial charge in [0, 0.05) is 48.0 Å². The average molecular weight is 439 g/mol. The van der Waals surface area contributed by atoms with Crippen molar-refractivity contribution in [2.75, 3.05) is 22.1 Å². The molecular weight excluding hydrogens is 412 g/mol. The van der Waals surface area contributed by atoms with Crippen molar-refractivity contribution < 1.29 is 9.59 Å². The zero-order valence-electron chi connectivity index (χ0n) is 18.7. The fraction of sp³-hybridized carbons (Fsp3) is 0.185. The van der Waals surface area contributed by atoms with E-state index < -0.39 is 0 Å². The van der Waals surface area contributed by atoms with E-state index in [1.165, 1.54) is 6.92 Å². The zero-order valence-corrected chi connectivity index (χ0v) is 18.7. The Morgan fingerprint density at radius 1 is 1.03 bits per heavy atom. The Bertz CT molecular complexity index is 1360. The Morgan fingerprint density at radius 3 is 2.73 bits per heavy atom. The van der Waals surface area contributed by atoms with E-state index in [-0.39, 0.29) is 17.9 Å². The third kappa shape index (κ3) is 4.07. The molecule has 0 radical (unpaired) electrons. The SMILES string of the molecule is CC(=O)Nc1cc(C(=O)N2CC[C@H](C)Nc3ccccc32)ccc1-c1ccc2[nH]ccc2c1. The number of hydrogen-bond donors (Lipinski definition) is 3. The first-order valence-corrected chi connectivity index (χ1v) is 11.2. The first-order chi connectivity index (χ1) is 16.0. The lowest BCUT2D eigenvalue weighted by molar-refractivity contribution is -0.114. The highest BCUT2D eigenvalue weighted by atomic mass is 16.2. The quantitative estimate of drug-likeness (QED) is 0.387. The number of fused-ring (bicyclic) bond motifs is 2. The van der Waals surface area contributed by atoms with Crippen LogP contribution in [0.1, 0.15) is 30.6 Å². The minimum Gasteiger partial charge on any atom is -0.381 e. The molecule has 0 spiro atoms. The summed E-state index contributed by atoms with van der Waals surface area (Å²) in [5.74, 6) is -0.265. The molecule has 2 heterocycles. The summed E-state index contributed by atoms with van der Waals surface area (Å²) >= 11 is 0. The molecular formula is C27H26N4O2. The van der Waals surface area contributed by atoms with E-state index in [1.807, 2.05) is 65.7 Å². The number of carbonyl (C=O) groups excluding carboxylic acids is 2. The summed E-state index contributed by atoms with van der Waals surface area (Å²) in [6.07, 6.45) is 2.74. The van der Waals surface area contributed by atoms with Crippen molar-refractivity contribution in [2.24, 2.45) is 0 Å². The van der Waals surface area contributed by atoms with Gasteiger partial charge >= 0.3 is 0 Å². The predicted octanol–water partition coefficient (Wildman–Crippen LogP) is 5.64.